The molecular weight excluding hydrogens is 633 g/mol. The minimum absolute atomic E-state index is 0.864. The lowest BCUT2D eigenvalue weighted by atomic mass is 9.99. The standard InChI is InChI=1S/C49H30N2O/c1-2-12-34(13-3-1)42-28-36(29-43(50-42)35-20-25-41-40-16-8-9-17-46(40)52-47(41)30-35)31-18-23-37(24-19-31)51-44-26-21-32-10-4-6-14-38(32)48(44)49-39-15-7-5-11-33(39)22-27-45(49)51/h1-30H. The molecule has 242 valence electrons. The van der Waals surface area contributed by atoms with Crippen molar-refractivity contribution in [1.29, 1.82) is 0 Å². The van der Waals surface area contributed by atoms with Gasteiger partial charge < -0.3 is 8.98 Å². The topological polar surface area (TPSA) is 31.0 Å². The molecule has 0 bridgehead atoms. The number of hydrogen-bond donors (Lipinski definition) is 0. The lowest BCUT2D eigenvalue weighted by Gasteiger charge is -2.12. The Labute approximate surface area is 299 Å². The predicted octanol–water partition coefficient (Wildman–Crippen LogP) is 13.4. The number of pyridine rings is 1. The average Bonchev–Trinajstić information content (AvgIpc) is 3.77. The van der Waals surface area contributed by atoms with Crippen molar-refractivity contribution in [2.24, 2.45) is 0 Å². The van der Waals surface area contributed by atoms with Crippen LogP contribution in [0.5, 0.6) is 0 Å². The third kappa shape index (κ3) is 4.43. The molecule has 3 heterocycles. The monoisotopic (exact) mass is 662 g/mol. The van der Waals surface area contributed by atoms with Gasteiger partial charge in [0.15, 0.2) is 0 Å². The normalized spacial score (nSPS) is 11.8. The van der Waals surface area contributed by atoms with E-state index in [9.17, 15) is 0 Å². The molecule has 0 atom stereocenters. The third-order valence-corrected chi connectivity index (χ3v) is 10.6. The molecular formula is C49H30N2O. The Morgan fingerprint density at radius 3 is 1.62 bits per heavy atom. The molecule has 0 unspecified atom stereocenters. The zero-order chi connectivity index (χ0) is 34.2. The molecule has 0 saturated heterocycles. The van der Waals surface area contributed by atoms with E-state index in [1.165, 1.54) is 43.4 Å². The van der Waals surface area contributed by atoms with E-state index in [1.807, 2.05) is 18.2 Å². The van der Waals surface area contributed by atoms with E-state index in [1.54, 1.807) is 0 Å². The minimum Gasteiger partial charge on any atom is -0.456 e. The second kappa shape index (κ2) is 11.3. The van der Waals surface area contributed by atoms with Gasteiger partial charge in [0.2, 0.25) is 0 Å². The third-order valence-electron chi connectivity index (χ3n) is 10.6. The van der Waals surface area contributed by atoms with Crippen molar-refractivity contribution in [1.82, 2.24) is 9.55 Å². The maximum Gasteiger partial charge on any atom is 0.136 e. The Morgan fingerprint density at radius 2 is 0.923 bits per heavy atom. The van der Waals surface area contributed by atoms with Crippen molar-refractivity contribution < 1.29 is 4.42 Å². The molecule has 3 aromatic heterocycles. The molecule has 3 nitrogen and oxygen atoms in total. The molecule has 0 amide bonds. The zero-order valence-electron chi connectivity index (χ0n) is 28.1. The predicted molar refractivity (Wildman–Crippen MR) is 217 cm³/mol. The summed E-state index contributed by atoms with van der Waals surface area (Å²) in [6.45, 7) is 0. The molecule has 0 saturated carbocycles. The highest BCUT2D eigenvalue weighted by Crippen LogP contribution is 2.41. The summed E-state index contributed by atoms with van der Waals surface area (Å²) in [5.41, 5.74) is 11.5. The average molecular weight is 663 g/mol. The first-order valence-electron chi connectivity index (χ1n) is 17.7. The van der Waals surface area contributed by atoms with E-state index in [2.05, 4.69) is 168 Å². The summed E-state index contributed by atoms with van der Waals surface area (Å²) in [5, 5.41) is 9.87. The van der Waals surface area contributed by atoms with Gasteiger partial charge in [-0.25, -0.2) is 4.98 Å². The molecule has 52 heavy (non-hydrogen) atoms. The first-order chi connectivity index (χ1) is 25.8. The van der Waals surface area contributed by atoms with Crippen LogP contribution in [0.1, 0.15) is 0 Å². The SMILES string of the molecule is c1ccc(-c2cc(-c3ccc(-n4c5ccc6ccccc6c5c5c6ccccc6ccc54)cc3)cc(-c3ccc4c(c3)oc3ccccc34)n2)cc1. The summed E-state index contributed by atoms with van der Waals surface area (Å²) < 4.78 is 8.69. The van der Waals surface area contributed by atoms with E-state index in [0.29, 0.717) is 0 Å². The molecule has 0 N–H and O–H groups in total. The largest absolute Gasteiger partial charge is 0.456 e. The quantitative estimate of drug-likeness (QED) is 0.188. The van der Waals surface area contributed by atoms with Crippen molar-refractivity contribution in [2.45, 2.75) is 0 Å². The van der Waals surface area contributed by atoms with Crippen molar-refractivity contribution in [3.63, 3.8) is 0 Å². The summed E-state index contributed by atoms with van der Waals surface area (Å²) in [4.78, 5) is 5.19. The number of rotatable bonds is 4. The van der Waals surface area contributed by atoms with E-state index < -0.39 is 0 Å². The Hall–Kier alpha value is -6.97. The van der Waals surface area contributed by atoms with Crippen LogP contribution in [-0.2, 0) is 0 Å². The van der Waals surface area contributed by atoms with Crippen LogP contribution in [0.15, 0.2) is 186 Å². The van der Waals surface area contributed by atoms with Gasteiger partial charge in [-0.3, -0.25) is 0 Å². The molecule has 11 aromatic rings. The number of hydrogen-bond acceptors (Lipinski definition) is 2. The molecule has 0 fully saturated rings. The molecule has 0 aliphatic rings. The molecule has 11 rings (SSSR count). The van der Waals surface area contributed by atoms with Gasteiger partial charge in [0.1, 0.15) is 11.2 Å². The minimum atomic E-state index is 0.864. The summed E-state index contributed by atoms with van der Waals surface area (Å²) in [6, 6.07) is 64.9. The smallest absolute Gasteiger partial charge is 0.136 e. The number of furan rings is 1. The van der Waals surface area contributed by atoms with Crippen LogP contribution in [0.4, 0.5) is 0 Å². The van der Waals surface area contributed by atoms with Gasteiger partial charge in [0, 0.05) is 38.4 Å². The maximum absolute atomic E-state index is 6.27. The van der Waals surface area contributed by atoms with E-state index in [4.69, 9.17) is 9.40 Å². The second-order valence-electron chi connectivity index (χ2n) is 13.5. The Balaban J connectivity index is 1.08. The highest BCUT2D eigenvalue weighted by molar-refractivity contribution is 6.28. The fourth-order valence-corrected chi connectivity index (χ4v) is 8.12. The zero-order valence-corrected chi connectivity index (χ0v) is 28.1. The highest BCUT2D eigenvalue weighted by Gasteiger charge is 2.18. The molecule has 8 aromatic carbocycles. The number of para-hydroxylation sites is 1. The van der Waals surface area contributed by atoms with Gasteiger partial charge in [0.05, 0.1) is 22.4 Å². The van der Waals surface area contributed by atoms with Crippen LogP contribution in [0.25, 0.3) is 105 Å². The molecule has 3 heteroatoms. The van der Waals surface area contributed by atoms with Crippen molar-refractivity contribution in [2.75, 3.05) is 0 Å². The van der Waals surface area contributed by atoms with Crippen molar-refractivity contribution in [3.05, 3.63) is 182 Å². The first kappa shape index (κ1) is 28.8. The lowest BCUT2D eigenvalue weighted by Crippen LogP contribution is -1.94. The lowest BCUT2D eigenvalue weighted by molar-refractivity contribution is 0.669. The fourth-order valence-electron chi connectivity index (χ4n) is 8.12. The van der Waals surface area contributed by atoms with E-state index in [-0.39, 0.29) is 0 Å². The fraction of sp³-hybridized carbons (Fsp3) is 0. The van der Waals surface area contributed by atoms with E-state index >= 15 is 0 Å². The maximum atomic E-state index is 6.27. The number of aromatic nitrogens is 2. The van der Waals surface area contributed by atoms with Gasteiger partial charge in [0.25, 0.3) is 0 Å². The Morgan fingerprint density at radius 1 is 0.365 bits per heavy atom. The van der Waals surface area contributed by atoms with Gasteiger partial charge in [-0.1, -0.05) is 127 Å². The number of benzene rings is 8. The second-order valence-corrected chi connectivity index (χ2v) is 13.5. The summed E-state index contributed by atoms with van der Waals surface area (Å²) in [6.07, 6.45) is 0. The summed E-state index contributed by atoms with van der Waals surface area (Å²) >= 11 is 0. The van der Waals surface area contributed by atoms with Crippen LogP contribution >= 0.6 is 0 Å². The van der Waals surface area contributed by atoms with Crippen LogP contribution < -0.4 is 0 Å². The number of fused-ring (bicyclic) bond motifs is 10. The van der Waals surface area contributed by atoms with Gasteiger partial charge in [-0.15, -0.1) is 0 Å². The van der Waals surface area contributed by atoms with E-state index in [0.717, 1.165) is 61.3 Å². The molecule has 0 aliphatic heterocycles. The summed E-state index contributed by atoms with van der Waals surface area (Å²) in [5.74, 6) is 0. The highest BCUT2D eigenvalue weighted by atomic mass is 16.3. The van der Waals surface area contributed by atoms with Crippen LogP contribution in [0.3, 0.4) is 0 Å². The Kier molecular flexibility index (Phi) is 6.25. The van der Waals surface area contributed by atoms with Crippen LogP contribution in [-0.4, -0.2) is 9.55 Å². The van der Waals surface area contributed by atoms with Crippen molar-refractivity contribution >= 4 is 65.3 Å². The molecule has 0 spiro atoms. The van der Waals surface area contributed by atoms with Crippen molar-refractivity contribution in [3.8, 4) is 39.3 Å². The molecule has 0 aliphatic carbocycles. The molecule has 0 radical (unpaired) electrons. The van der Waals surface area contributed by atoms with Gasteiger partial charge in [-0.05, 0) is 87.3 Å². The van der Waals surface area contributed by atoms with Crippen LogP contribution in [0, 0.1) is 0 Å². The van der Waals surface area contributed by atoms with Gasteiger partial charge >= 0.3 is 0 Å². The first-order valence-corrected chi connectivity index (χ1v) is 17.7. The summed E-state index contributed by atoms with van der Waals surface area (Å²) in [7, 11) is 0. The Bertz CT molecular complexity index is 3080. The van der Waals surface area contributed by atoms with Crippen LogP contribution in [0.2, 0.25) is 0 Å². The van der Waals surface area contributed by atoms with Gasteiger partial charge in [-0.2, -0.15) is 0 Å². The number of nitrogens with zero attached hydrogens (tertiary/aromatic N) is 2.